The number of aliphatic imine (C=N–C) groups is 1. The maximum Gasteiger partial charge on any atom is 0.194 e. The summed E-state index contributed by atoms with van der Waals surface area (Å²) >= 11 is 0. The average Bonchev–Trinajstić information content (AvgIpc) is 2.63. The summed E-state index contributed by atoms with van der Waals surface area (Å²) in [5, 5.41) is 3.42. The van der Waals surface area contributed by atoms with Crippen molar-refractivity contribution in [1.29, 1.82) is 0 Å². The molecule has 1 saturated heterocycles. The second-order valence-electron chi connectivity index (χ2n) is 7.02. The molecule has 1 heterocycles. The van der Waals surface area contributed by atoms with Crippen LogP contribution in [0.15, 0.2) is 29.3 Å². The van der Waals surface area contributed by atoms with Gasteiger partial charge in [-0.3, -0.25) is 9.89 Å². The Balaban J connectivity index is 1.97. The van der Waals surface area contributed by atoms with E-state index in [-0.39, 0.29) is 0 Å². The van der Waals surface area contributed by atoms with E-state index in [1.165, 1.54) is 5.56 Å². The zero-order valence-corrected chi connectivity index (χ0v) is 17.0. The monoisotopic (exact) mass is 361 g/mol. The molecular formula is C20H35N5O. The number of nitrogens with one attached hydrogen (secondary N) is 1. The van der Waals surface area contributed by atoms with Crippen LogP contribution < -0.4 is 10.1 Å². The summed E-state index contributed by atoms with van der Waals surface area (Å²) in [5.74, 6) is 1.88. The maximum atomic E-state index is 5.52. The van der Waals surface area contributed by atoms with Gasteiger partial charge in [0.1, 0.15) is 5.75 Å². The summed E-state index contributed by atoms with van der Waals surface area (Å²) in [6, 6.07) is 8.78. The molecule has 26 heavy (non-hydrogen) atoms. The number of hydrogen-bond acceptors (Lipinski definition) is 4. The van der Waals surface area contributed by atoms with Crippen molar-refractivity contribution in [3.05, 3.63) is 29.8 Å². The summed E-state index contributed by atoms with van der Waals surface area (Å²) in [7, 11) is 6.48. The van der Waals surface area contributed by atoms with Crippen molar-refractivity contribution in [2.45, 2.75) is 26.4 Å². The molecule has 0 aromatic heterocycles. The number of likely N-dealkylation sites (N-methyl/N-ethyl adjacent to an activating group) is 2. The van der Waals surface area contributed by atoms with E-state index in [1.54, 1.807) is 0 Å². The number of benzene rings is 1. The van der Waals surface area contributed by atoms with Crippen molar-refractivity contribution < 1.29 is 4.74 Å². The van der Waals surface area contributed by atoms with Gasteiger partial charge in [-0.25, -0.2) is 0 Å². The Labute approximate surface area is 158 Å². The molecule has 0 aliphatic carbocycles. The van der Waals surface area contributed by atoms with E-state index >= 15 is 0 Å². The van der Waals surface area contributed by atoms with Gasteiger partial charge >= 0.3 is 0 Å². The van der Waals surface area contributed by atoms with Crippen molar-refractivity contribution in [2.24, 2.45) is 4.99 Å². The van der Waals surface area contributed by atoms with Crippen LogP contribution in [0.5, 0.6) is 5.75 Å². The summed E-state index contributed by atoms with van der Waals surface area (Å²) in [6.07, 6.45) is 0. The van der Waals surface area contributed by atoms with Crippen LogP contribution in [0.1, 0.15) is 19.4 Å². The second kappa shape index (κ2) is 10.4. The van der Waals surface area contributed by atoms with Crippen LogP contribution in [0.4, 0.5) is 0 Å². The molecule has 1 unspecified atom stereocenters. The van der Waals surface area contributed by atoms with Crippen LogP contribution in [0, 0.1) is 0 Å². The standard InChI is InChI=1S/C20H35N5O/c1-6-21-20(22-14-18-16-23(3)12-13-24(18)4)25(5)15-17-8-10-19(11-9-17)26-7-2/h8-11,18H,6-7,12-16H2,1-5H3,(H,21,22). The third-order valence-electron chi connectivity index (χ3n) is 4.78. The molecule has 0 radical (unpaired) electrons. The van der Waals surface area contributed by atoms with Gasteiger partial charge in [0.05, 0.1) is 13.2 Å². The minimum Gasteiger partial charge on any atom is -0.494 e. The van der Waals surface area contributed by atoms with E-state index < -0.39 is 0 Å². The molecule has 1 aliphatic rings. The lowest BCUT2D eigenvalue weighted by Crippen LogP contribution is -2.51. The Hall–Kier alpha value is -1.79. The summed E-state index contributed by atoms with van der Waals surface area (Å²) in [6.45, 7) is 10.6. The first-order valence-corrected chi connectivity index (χ1v) is 9.63. The summed E-state index contributed by atoms with van der Waals surface area (Å²) < 4.78 is 5.52. The number of rotatable bonds is 7. The van der Waals surface area contributed by atoms with Crippen molar-refractivity contribution in [1.82, 2.24) is 20.0 Å². The van der Waals surface area contributed by atoms with Crippen LogP contribution in [-0.2, 0) is 6.54 Å². The Bertz CT molecular complexity index is 560. The largest absolute Gasteiger partial charge is 0.494 e. The van der Waals surface area contributed by atoms with Gasteiger partial charge in [-0.2, -0.15) is 0 Å². The van der Waals surface area contributed by atoms with Gasteiger partial charge in [-0.05, 0) is 45.6 Å². The van der Waals surface area contributed by atoms with Crippen LogP contribution >= 0.6 is 0 Å². The zero-order valence-electron chi connectivity index (χ0n) is 17.0. The lowest BCUT2D eigenvalue weighted by molar-refractivity contribution is 0.119. The van der Waals surface area contributed by atoms with Gasteiger partial charge in [0.25, 0.3) is 0 Å². The maximum absolute atomic E-state index is 5.52. The molecule has 1 fully saturated rings. The molecular weight excluding hydrogens is 326 g/mol. The third kappa shape index (κ3) is 6.18. The molecule has 1 aromatic rings. The van der Waals surface area contributed by atoms with E-state index in [4.69, 9.17) is 9.73 Å². The normalized spacial score (nSPS) is 19.4. The lowest BCUT2D eigenvalue weighted by atomic mass is 10.2. The van der Waals surface area contributed by atoms with Crippen LogP contribution in [0.25, 0.3) is 0 Å². The van der Waals surface area contributed by atoms with Crippen molar-refractivity contribution in [3.63, 3.8) is 0 Å². The first-order chi connectivity index (χ1) is 12.5. The highest BCUT2D eigenvalue weighted by atomic mass is 16.5. The summed E-state index contributed by atoms with van der Waals surface area (Å²) in [4.78, 5) is 11.9. The molecule has 6 heteroatoms. The number of guanidine groups is 1. The Kier molecular flexibility index (Phi) is 8.19. The highest BCUT2D eigenvalue weighted by molar-refractivity contribution is 5.79. The fraction of sp³-hybridized carbons (Fsp3) is 0.650. The predicted octanol–water partition coefficient (Wildman–Crippen LogP) is 1.73. The number of piperazine rings is 1. The van der Waals surface area contributed by atoms with E-state index in [0.717, 1.165) is 51.0 Å². The topological polar surface area (TPSA) is 43.3 Å². The molecule has 0 spiro atoms. The van der Waals surface area contributed by atoms with E-state index in [9.17, 15) is 0 Å². The SMILES string of the molecule is CCNC(=NCC1CN(C)CCN1C)N(C)Cc1ccc(OCC)cc1. The number of ether oxygens (including phenoxy) is 1. The fourth-order valence-electron chi connectivity index (χ4n) is 3.17. The molecule has 0 bridgehead atoms. The second-order valence-corrected chi connectivity index (χ2v) is 7.02. The lowest BCUT2D eigenvalue weighted by Gasteiger charge is -2.37. The average molecular weight is 362 g/mol. The number of nitrogens with zero attached hydrogens (tertiary/aromatic N) is 4. The van der Waals surface area contributed by atoms with Crippen molar-refractivity contribution >= 4 is 5.96 Å². The van der Waals surface area contributed by atoms with Crippen LogP contribution in [0.2, 0.25) is 0 Å². The molecule has 1 atom stereocenters. The minimum absolute atomic E-state index is 0.473. The fourth-order valence-corrected chi connectivity index (χ4v) is 3.17. The molecule has 0 amide bonds. The van der Waals surface area contributed by atoms with Gasteiger partial charge in [0, 0.05) is 45.8 Å². The molecule has 1 N–H and O–H groups in total. The van der Waals surface area contributed by atoms with E-state index in [1.807, 2.05) is 19.1 Å². The molecule has 2 rings (SSSR count). The predicted molar refractivity (Wildman–Crippen MR) is 109 cm³/mol. The molecule has 1 aliphatic heterocycles. The highest BCUT2D eigenvalue weighted by Gasteiger charge is 2.22. The molecule has 6 nitrogen and oxygen atoms in total. The van der Waals surface area contributed by atoms with Gasteiger partial charge < -0.3 is 19.9 Å². The van der Waals surface area contributed by atoms with Crippen molar-refractivity contribution in [2.75, 3.05) is 60.5 Å². The first kappa shape index (κ1) is 20.5. The van der Waals surface area contributed by atoms with Gasteiger partial charge in [0.15, 0.2) is 5.96 Å². The molecule has 1 aromatic carbocycles. The molecule has 146 valence electrons. The van der Waals surface area contributed by atoms with Gasteiger partial charge in [0.2, 0.25) is 0 Å². The molecule has 0 saturated carbocycles. The van der Waals surface area contributed by atoms with Crippen molar-refractivity contribution in [3.8, 4) is 5.75 Å². The quantitative estimate of drug-likeness (QED) is 0.592. The van der Waals surface area contributed by atoms with Crippen LogP contribution in [-0.4, -0.2) is 87.2 Å². The van der Waals surface area contributed by atoms with Gasteiger partial charge in [-0.1, -0.05) is 12.1 Å². The number of hydrogen-bond donors (Lipinski definition) is 1. The zero-order chi connectivity index (χ0) is 18.9. The van der Waals surface area contributed by atoms with Gasteiger partial charge in [-0.15, -0.1) is 0 Å². The third-order valence-corrected chi connectivity index (χ3v) is 4.78. The van der Waals surface area contributed by atoms with Crippen LogP contribution in [0.3, 0.4) is 0 Å². The minimum atomic E-state index is 0.473. The first-order valence-electron chi connectivity index (χ1n) is 9.63. The Morgan fingerprint density at radius 1 is 1.23 bits per heavy atom. The van der Waals surface area contributed by atoms with E-state index in [2.05, 4.69) is 60.2 Å². The smallest absolute Gasteiger partial charge is 0.194 e. The Morgan fingerprint density at radius 3 is 2.62 bits per heavy atom. The Morgan fingerprint density at radius 2 is 1.96 bits per heavy atom. The highest BCUT2D eigenvalue weighted by Crippen LogP contribution is 2.13. The summed E-state index contributed by atoms with van der Waals surface area (Å²) in [5.41, 5.74) is 1.25. The van der Waals surface area contributed by atoms with E-state index in [0.29, 0.717) is 12.6 Å².